The average molecular weight is 259 g/mol. The molecule has 3 N–H and O–H groups in total. The van der Waals surface area contributed by atoms with E-state index in [2.05, 4.69) is 0 Å². The van der Waals surface area contributed by atoms with Gasteiger partial charge in [0.25, 0.3) is 0 Å². The largest absolute Gasteiger partial charge is 0.388 e. The molecule has 1 aliphatic carbocycles. The number of rotatable bonds is 3. The Morgan fingerprint density at radius 1 is 1.17 bits per heavy atom. The molecule has 0 spiro atoms. The highest BCUT2D eigenvalue weighted by Crippen LogP contribution is 2.47. The molecule has 0 aromatic heterocycles. The quantitative estimate of drug-likeness (QED) is 0.820. The fourth-order valence-corrected chi connectivity index (χ4v) is 2.75. The van der Waals surface area contributed by atoms with Crippen molar-refractivity contribution in [3.63, 3.8) is 0 Å². The van der Waals surface area contributed by atoms with E-state index in [1.54, 1.807) is 0 Å². The van der Waals surface area contributed by atoms with Gasteiger partial charge in [-0.15, -0.1) is 0 Å². The molecule has 0 heterocycles. The Kier molecular flexibility index (Phi) is 3.64. The lowest BCUT2D eigenvalue weighted by Gasteiger charge is -2.33. The van der Waals surface area contributed by atoms with Gasteiger partial charge in [-0.2, -0.15) is 0 Å². The first-order chi connectivity index (χ1) is 8.50. The van der Waals surface area contributed by atoms with Crippen LogP contribution in [0.25, 0.3) is 0 Å². The van der Waals surface area contributed by atoms with Crippen LogP contribution in [0.1, 0.15) is 37.4 Å². The van der Waals surface area contributed by atoms with Crippen molar-refractivity contribution in [1.82, 2.24) is 0 Å². The Morgan fingerprint density at radius 3 is 2.11 bits per heavy atom. The summed E-state index contributed by atoms with van der Waals surface area (Å²) < 4.78 is 39.2. The van der Waals surface area contributed by atoms with Gasteiger partial charge in [-0.1, -0.05) is 12.8 Å². The molecule has 1 atom stereocenters. The van der Waals surface area contributed by atoms with Gasteiger partial charge in [0.05, 0.1) is 6.10 Å². The lowest BCUT2D eigenvalue weighted by molar-refractivity contribution is 0.0327. The summed E-state index contributed by atoms with van der Waals surface area (Å²) in [5.74, 6) is -4.08. The zero-order valence-corrected chi connectivity index (χ0v) is 9.93. The summed E-state index contributed by atoms with van der Waals surface area (Å²) in [6, 6.07) is 1.69. The summed E-state index contributed by atoms with van der Waals surface area (Å²) in [6.07, 6.45) is 2.23. The summed E-state index contributed by atoms with van der Waals surface area (Å²) in [5.41, 5.74) is 5.20. The zero-order chi connectivity index (χ0) is 13.3. The lowest BCUT2D eigenvalue weighted by atomic mass is 9.77. The van der Waals surface area contributed by atoms with Gasteiger partial charge < -0.3 is 10.8 Å². The third-order valence-electron chi connectivity index (χ3n) is 3.91. The fraction of sp³-hybridized carbons (Fsp3) is 0.538. The highest BCUT2D eigenvalue weighted by Gasteiger charge is 2.40. The molecule has 0 bridgehead atoms. The first kappa shape index (κ1) is 13.4. The highest BCUT2D eigenvalue weighted by molar-refractivity contribution is 5.24. The molecule has 1 aromatic carbocycles. The lowest BCUT2D eigenvalue weighted by Crippen LogP contribution is -2.34. The fourth-order valence-electron chi connectivity index (χ4n) is 2.75. The number of benzene rings is 1. The minimum atomic E-state index is -1.51. The standard InChI is InChI=1S/C13H16F3NO/c14-9-5-8(6-10(15)11(9)16)12(18)13(7-17)3-1-2-4-13/h5-6,12,18H,1-4,7,17H2. The summed E-state index contributed by atoms with van der Waals surface area (Å²) in [6.45, 7) is 0.245. The molecule has 18 heavy (non-hydrogen) atoms. The molecule has 1 saturated carbocycles. The van der Waals surface area contributed by atoms with Crippen molar-refractivity contribution in [2.45, 2.75) is 31.8 Å². The Labute approximate surface area is 104 Å². The Bertz CT molecular complexity index is 421. The van der Waals surface area contributed by atoms with Crippen molar-refractivity contribution >= 4 is 0 Å². The van der Waals surface area contributed by atoms with E-state index < -0.39 is 29.0 Å². The molecule has 5 heteroatoms. The van der Waals surface area contributed by atoms with E-state index in [9.17, 15) is 18.3 Å². The molecular formula is C13H16F3NO. The van der Waals surface area contributed by atoms with Crippen LogP contribution in [-0.4, -0.2) is 11.7 Å². The number of hydrogen-bond acceptors (Lipinski definition) is 2. The number of halogens is 3. The van der Waals surface area contributed by atoms with Gasteiger partial charge >= 0.3 is 0 Å². The first-order valence-corrected chi connectivity index (χ1v) is 6.03. The van der Waals surface area contributed by atoms with Gasteiger partial charge in [0, 0.05) is 12.0 Å². The van der Waals surface area contributed by atoms with E-state index in [1.807, 2.05) is 0 Å². The Morgan fingerprint density at radius 2 is 1.67 bits per heavy atom. The van der Waals surface area contributed by atoms with Crippen molar-refractivity contribution in [2.75, 3.05) is 6.54 Å². The smallest absolute Gasteiger partial charge is 0.194 e. The van der Waals surface area contributed by atoms with Crippen molar-refractivity contribution in [2.24, 2.45) is 11.1 Å². The van der Waals surface area contributed by atoms with Crippen molar-refractivity contribution in [3.8, 4) is 0 Å². The molecule has 1 fully saturated rings. The predicted molar refractivity (Wildman–Crippen MR) is 61.2 cm³/mol. The second-order valence-corrected chi connectivity index (χ2v) is 4.97. The van der Waals surface area contributed by atoms with E-state index in [4.69, 9.17) is 5.73 Å². The molecular weight excluding hydrogens is 243 g/mol. The van der Waals surface area contributed by atoms with Crippen molar-refractivity contribution in [1.29, 1.82) is 0 Å². The maximum atomic E-state index is 13.2. The zero-order valence-electron chi connectivity index (χ0n) is 9.93. The summed E-state index contributed by atoms with van der Waals surface area (Å²) in [4.78, 5) is 0. The molecule has 1 aromatic rings. The van der Waals surface area contributed by atoms with Crippen LogP contribution in [0.2, 0.25) is 0 Å². The Hall–Kier alpha value is -1.07. The summed E-state index contributed by atoms with van der Waals surface area (Å²) in [5, 5.41) is 10.3. The van der Waals surface area contributed by atoms with Crippen molar-refractivity contribution in [3.05, 3.63) is 35.1 Å². The number of aliphatic hydroxyl groups is 1. The monoisotopic (exact) mass is 259 g/mol. The van der Waals surface area contributed by atoms with Crippen LogP contribution in [0.15, 0.2) is 12.1 Å². The van der Waals surface area contributed by atoms with Gasteiger partial charge in [0.15, 0.2) is 17.5 Å². The molecule has 1 unspecified atom stereocenters. The topological polar surface area (TPSA) is 46.2 Å². The second kappa shape index (κ2) is 4.90. The molecule has 0 saturated heterocycles. The second-order valence-electron chi connectivity index (χ2n) is 4.97. The maximum absolute atomic E-state index is 13.2. The maximum Gasteiger partial charge on any atom is 0.194 e. The minimum absolute atomic E-state index is 0.0544. The van der Waals surface area contributed by atoms with Crippen LogP contribution in [0.3, 0.4) is 0 Å². The van der Waals surface area contributed by atoms with Gasteiger partial charge in [0.1, 0.15) is 0 Å². The SMILES string of the molecule is NCC1(C(O)c2cc(F)c(F)c(F)c2)CCCC1. The van der Waals surface area contributed by atoms with Gasteiger partial charge in [-0.3, -0.25) is 0 Å². The summed E-state index contributed by atoms with van der Waals surface area (Å²) >= 11 is 0. The van der Waals surface area contributed by atoms with E-state index >= 15 is 0 Å². The van der Waals surface area contributed by atoms with Crippen LogP contribution < -0.4 is 5.73 Å². The molecule has 100 valence electrons. The van der Waals surface area contributed by atoms with E-state index in [0.29, 0.717) is 12.8 Å². The third-order valence-corrected chi connectivity index (χ3v) is 3.91. The first-order valence-electron chi connectivity index (χ1n) is 6.03. The van der Waals surface area contributed by atoms with Crippen LogP contribution in [0, 0.1) is 22.9 Å². The average Bonchev–Trinajstić information content (AvgIpc) is 2.84. The van der Waals surface area contributed by atoms with Gasteiger partial charge in [-0.25, -0.2) is 13.2 Å². The number of aliphatic hydroxyl groups excluding tert-OH is 1. The highest BCUT2D eigenvalue weighted by atomic mass is 19.2. The molecule has 2 rings (SSSR count). The normalized spacial score (nSPS) is 20.1. The molecule has 0 aliphatic heterocycles. The predicted octanol–water partition coefficient (Wildman–Crippen LogP) is 2.66. The third kappa shape index (κ3) is 2.12. The van der Waals surface area contributed by atoms with E-state index in [-0.39, 0.29) is 12.1 Å². The number of nitrogens with two attached hydrogens (primary N) is 1. The molecule has 2 nitrogen and oxygen atoms in total. The Balaban J connectivity index is 2.36. The van der Waals surface area contributed by atoms with Crippen LogP contribution in [0.4, 0.5) is 13.2 Å². The minimum Gasteiger partial charge on any atom is -0.388 e. The van der Waals surface area contributed by atoms with Gasteiger partial charge in [-0.05, 0) is 30.5 Å². The molecule has 0 amide bonds. The van der Waals surface area contributed by atoms with Crippen LogP contribution in [0.5, 0.6) is 0 Å². The van der Waals surface area contributed by atoms with Crippen LogP contribution >= 0.6 is 0 Å². The van der Waals surface area contributed by atoms with E-state index in [1.165, 1.54) is 0 Å². The van der Waals surface area contributed by atoms with Crippen LogP contribution in [-0.2, 0) is 0 Å². The number of hydrogen-bond donors (Lipinski definition) is 2. The van der Waals surface area contributed by atoms with Crippen molar-refractivity contribution < 1.29 is 18.3 Å². The van der Waals surface area contributed by atoms with Gasteiger partial charge in [0.2, 0.25) is 0 Å². The van der Waals surface area contributed by atoms with E-state index in [0.717, 1.165) is 25.0 Å². The molecule has 1 aliphatic rings. The molecule has 0 radical (unpaired) electrons. The summed E-state index contributed by atoms with van der Waals surface area (Å²) in [7, 11) is 0.